The van der Waals surface area contributed by atoms with E-state index in [9.17, 15) is 0 Å². The first-order chi connectivity index (χ1) is 9.86. The van der Waals surface area contributed by atoms with Gasteiger partial charge in [0.2, 0.25) is 0 Å². The van der Waals surface area contributed by atoms with Crippen LogP contribution in [0.4, 0.5) is 0 Å². The average molecular weight is 302 g/mol. The molecule has 0 aliphatic rings. The molecule has 2 rings (SSSR count). The van der Waals surface area contributed by atoms with Crippen LogP contribution in [0.3, 0.4) is 0 Å². The SMILES string of the molecule is Cc1ccccc1CC(C)NCc1csc(C(C)(C)C)n1. The van der Waals surface area contributed by atoms with Gasteiger partial charge in [-0.1, -0.05) is 45.0 Å². The van der Waals surface area contributed by atoms with Crippen LogP contribution in [0, 0.1) is 6.92 Å². The number of aromatic nitrogens is 1. The number of nitrogens with zero attached hydrogens (tertiary/aromatic N) is 1. The molecule has 0 radical (unpaired) electrons. The van der Waals surface area contributed by atoms with E-state index in [2.05, 4.69) is 69.6 Å². The largest absolute Gasteiger partial charge is 0.308 e. The zero-order valence-electron chi connectivity index (χ0n) is 13.7. The molecule has 1 unspecified atom stereocenters. The molecule has 2 aromatic rings. The number of benzene rings is 1. The molecule has 1 N–H and O–H groups in total. The Morgan fingerprint density at radius 2 is 1.95 bits per heavy atom. The molecule has 0 fully saturated rings. The highest BCUT2D eigenvalue weighted by Crippen LogP contribution is 2.25. The van der Waals surface area contributed by atoms with E-state index in [1.807, 2.05) is 0 Å². The molecule has 0 saturated carbocycles. The van der Waals surface area contributed by atoms with Crippen molar-refractivity contribution in [3.63, 3.8) is 0 Å². The first-order valence-electron chi connectivity index (χ1n) is 7.59. The standard InChI is InChI=1S/C18H26N2S/c1-13-8-6-7-9-15(13)10-14(2)19-11-16-12-21-17(20-16)18(3,4)5/h6-9,12,14,19H,10-11H2,1-5H3. The predicted octanol–water partition coefficient (Wildman–Crippen LogP) is 4.47. The third-order valence-corrected chi connectivity index (χ3v) is 4.93. The number of nitrogens with one attached hydrogen (secondary N) is 1. The van der Waals surface area contributed by atoms with E-state index in [0.717, 1.165) is 18.7 Å². The van der Waals surface area contributed by atoms with Crippen molar-refractivity contribution in [3.8, 4) is 0 Å². The lowest BCUT2D eigenvalue weighted by molar-refractivity contribution is 0.534. The highest BCUT2D eigenvalue weighted by atomic mass is 32.1. The summed E-state index contributed by atoms with van der Waals surface area (Å²) in [5.74, 6) is 0. The molecule has 1 heterocycles. The summed E-state index contributed by atoms with van der Waals surface area (Å²) in [6.45, 7) is 11.9. The van der Waals surface area contributed by atoms with Gasteiger partial charge < -0.3 is 5.32 Å². The first kappa shape index (κ1) is 16.2. The number of hydrogen-bond donors (Lipinski definition) is 1. The lowest BCUT2D eigenvalue weighted by Gasteiger charge is -2.15. The summed E-state index contributed by atoms with van der Waals surface area (Å²) < 4.78 is 0. The van der Waals surface area contributed by atoms with E-state index in [-0.39, 0.29) is 5.41 Å². The Hall–Kier alpha value is -1.19. The topological polar surface area (TPSA) is 24.9 Å². The molecule has 0 aliphatic carbocycles. The molecule has 0 spiro atoms. The van der Waals surface area contributed by atoms with Crippen LogP contribution in [0.5, 0.6) is 0 Å². The third kappa shape index (κ3) is 4.65. The predicted molar refractivity (Wildman–Crippen MR) is 92.0 cm³/mol. The van der Waals surface area contributed by atoms with Gasteiger partial charge in [0.05, 0.1) is 10.7 Å². The molecule has 0 bridgehead atoms. The minimum Gasteiger partial charge on any atom is -0.308 e. The number of hydrogen-bond acceptors (Lipinski definition) is 3. The quantitative estimate of drug-likeness (QED) is 0.881. The van der Waals surface area contributed by atoms with Crippen LogP contribution < -0.4 is 5.32 Å². The minimum atomic E-state index is 0.148. The van der Waals surface area contributed by atoms with Crippen LogP contribution in [-0.4, -0.2) is 11.0 Å². The lowest BCUT2D eigenvalue weighted by atomic mass is 9.98. The Balaban J connectivity index is 1.88. The molecule has 2 nitrogen and oxygen atoms in total. The molecule has 114 valence electrons. The van der Waals surface area contributed by atoms with Crippen molar-refractivity contribution in [3.05, 3.63) is 51.5 Å². The van der Waals surface area contributed by atoms with Crippen LogP contribution in [0.2, 0.25) is 0 Å². The van der Waals surface area contributed by atoms with Crippen LogP contribution in [0.1, 0.15) is 49.5 Å². The third-order valence-electron chi connectivity index (χ3n) is 3.61. The second-order valence-electron chi connectivity index (χ2n) is 6.81. The zero-order valence-corrected chi connectivity index (χ0v) is 14.6. The highest BCUT2D eigenvalue weighted by Gasteiger charge is 2.18. The summed E-state index contributed by atoms with van der Waals surface area (Å²) in [6.07, 6.45) is 1.06. The Morgan fingerprint density at radius 3 is 2.57 bits per heavy atom. The van der Waals surface area contributed by atoms with Gasteiger partial charge in [-0.2, -0.15) is 0 Å². The van der Waals surface area contributed by atoms with Gasteiger partial charge in [-0.25, -0.2) is 4.98 Å². The van der Waals surface area contributed by atoms with Gasteiger partial charge in [-0.15, -0.1) is 11.3 Å². The summed E-state index contributed by atoms with van der Waals surface area (Å²) in [5, 5.41) is 6.97. The summed E-state index contributed by atoms with van der Waals surface area (Å²) in [7, 11) is 0. The Kier molecular flexibility index (Phi) is 5.17. The summed E-state index contributed by atoms with van der Waals surface area (Å²) in [6, 6.07) is 9.06. The van der Waals surface area contributed by atoms with Gasteiger partial charge in [0.1, 0.15) is 0 Å². The smallest absolute Gasteiger partial charge is 0.0982 e. The Bertz CT molecular complexity index is 581. The Morgan fingerprint density at radius 1 is 1.24 bits per heavy atom. The second-order valence-corrected chi connectivity index (χ2v) is 7.66. The first-order valence-corrected chi connectivity index (χ1v) is 8.47. The van der Waals surface area contributed by atoms with E-state index in [4.69, 9.17) is 4.98 Å². The maximum atomic E-state index is 4.73. The van der Waals surface area contributed by atoms with E-state index < -0.39 is 0 Å². The fourth-order valence-corrected chi connectivity index (χ4v) is 3.16. The zero-order chi connectivity index (χ0) is 15.5. The van der Waals surface area contributed by atoms with Crippen molar-refractivity contribution in [1.29, 1.82) is 0 Å². The van der Waals surface area contributed by atoms with Crippen LogP contribution in [0.15, 0.2) is 29.6 Å². The summed E-state index contributed by atoms with van der Waals surface area (Å²) in [4.78, 5) is 4.73. The molecule has 1 aromatic carbocycles. The van der Waals surface area contributed by atoms with Crippen molar-refractivity contribution in [2.75, 3.05) is 0 Å². The molecule has 1 aromatic heterocycles. The van der Waals surface area contributed by atoms with Gasteiger partial charge in [-0.3, -0.25) is 0 Å². The second kappa shape index (κ2) is 6.71. The molecule has 0 amide bonds. The van der Waals surface area contributed by atoms with Crippen molar-refractivity contribution in [1.82, 2.24) is 10.3 Å². The fraction of sp³-hybridized carbons (Fsp3) is 0.500. The fourth-order valence-electron chi connectivity index (χ4n) is 2.25. The van der Waals surface area contributed by atoms with Gasteiger partial charge in [0.15, 0.2) is 0 Å². The molecule has 21 heavy (non-hydrogen) atoms. The maximum absolute atomic E-state index is 4.73. The molecular formula is C18H26N2S. The number of aryl methyl sites for hydroxylation is 1. The van der Waals surface area contributed by atoms with Gasteiger partial charge >= 0.3 is 0 Å². The average Bonchev–Trinajstić information content (AvgIpc) is 2.88. The van der Waals surface area contributed by atoms with Crippen LogP contribution in [-0.2, 0) is 18.4 Å². The number of thiazole rings is 1. The molecule has 1 atom stereocenters. The van der Waals surface area contributed by atoms with Crippen molar-refractivity contribution < 1.29 is 0 Å². The molecule has 0 saturated heterocycles. The van der Waals surface area contributed by atoms with Crippen LogP contribution in [0.25, 0.3) is 0 Å². The Labute approximate surface area is 132 Å². The molecular weight excluding hydrogens is 276 g/mol. The van der Waals surface area contributed by atoms with Gasteiger partial charge in [0.25, 0.3) is 0 Å². The van der Waals surface area contributed by atoms with E-state index in [1.54, 1.807) is 11.3 Å². The summed E-state index contributed by atoms with van der Waals surface area (Å²) in [5.41, 5.74) is 4.10. The van der Waals surface area contributed by atoms with Crippen molar-refractivity contribution in [2.45, 2.75) is 59.0 Å². The monoisotopic (exact) mass is 302 g/mol. The molecule has 0 aliphatic heterocycles. The van der Waals surface area contributed by atoms with Crippen LogP contribution >= 0.6 is 11.3 Å². The van der Waals surface area contributed by atoms with Gasteiger partial charge in [0, 0.05) is 23.4 Å². The lowest BCUT2D eigenvalue weighted by Crippen LogP contribution is -2.28. The van der Waals surface area contributed by atoms with E-state index in [0.29, 0.717) is 6.04 Å². The van der Waals surface area contributed by atoms with E-state index in [1.165, 1.54) is 16.1 Å². The molecule has 3 heteroatoms. The normalized spacial score (nSPS) is 13.4. The number of rotatable bonds is 5. The van der Waals surface area contributed by atoms with E-state index >= 15 is 0 Å². The van der Waals surface area contributed by atoms with Crippen molar-refractivity contribution in [2.24, 2.45) is 0 Å². The maximum Gasteiger partial charge on any atom is 0.0982 e. The van der Waals surface area contributed by atoms with Crippen molar-refractivity contribution >= 4 is 11.3 Å². The summed E-state index contributed by atoms with van der Waals surface area (Å²) >= 11 is 1.76. The highest BCUT2D eigenvalue weighted by molar-refractivity contribution is 7.09. The van der Waals surface area contributed by atoms with Gasteiger partial charge in [-0.05, 0) is 31.4 Å². The minimum absolute atomic E-state index is 0.148.